The van der Waals surface area contributed by atoms with Crippen LogP contribution in [0.15, 0.2) is 46.9 Å². The molecular formula is C17H12O6. The summed E-state index contributed by atoms with van der Waals surface area (Å²) in [5.41, 5.74) is 1.28. The molecule has 1 heterocycles. The number of hydrogen-bond acceptors (Lipinski definition) is 5. The molecule has 0 fully saturated rings. The minimum atomic E-state index is -1.08. The van der Waals surface area contributed by atoms with Gasteiger partial charge in [0.15, 0.2) is 22.8 Å². The zero-order chi connectivity index (χ0) is 16.6. The molecule has 0 saturated heterocycles. The van der Waals surface area contributed by atoms with E-state index in [0.717, 1.165) is 6.08 Å². The topological polar surface area (TPSA) is 111 Å². The van der Waals surface area contributed by atoms with Crippen molar-refractivity contribution in [2.45, 2.75) is 0 Å². The maximum absolute atomic E-state index is 10.7. The Hall–Kier alpha value is -3.41. The maximum atomic E-state index is 10.7. The van der Waals surface area contributed by atoms with Crippen LogP contribution in [0.5, 0.6) is 17.2 Å². The summed E-state index contributed by atoms with van der Waals surface area (Å²) in [5, 5.41) is 38.1. The van der Waals surface area contributed by atoms with Crippen LogP contribution in [0.3, 0.4) is 0 Å². The van der Waals surface area contributed by atoms with Gasteiger partial charge in [-0.15, -0.1) is 0 Å². The Morgan fingerprint density at radius 1 is 0.957 bits per heavy atom. The van der Waals surface area contributed by atoms with E-state index in [1.54, 1.807) is 18.2 Å². The van der Waals surface area contributed by atoms with Crippen molar-refractivity contribution in [1.82, 2.24) is 0 Å². The van der Waals surface area contributed by atoms with Crippen molar-refractivity contribution in [3.8, 4) is 28.6 Å². The van der Waals surface area contributed by atoms with Crippen LogP contribution < -0.4 is 0 Å². The lowest BCUT2D eigenvalue weighted by molar-refractivity contribution is -0.131. The fraction of sp³-hybridized carbons (Fsp3) is 0. The summed E-state index contributed by atoms with van der Waals surface area (Å²) in [7, 11) is 0. The summed E-state index contributed by atoms with van der Waals surface area (Å²) >= 11 is 0. The molecule has 1 aromatic heterocycles. The summed E-state index contributed by atoms with van der Waals surface area (Å²) in [4.78, 5) is 10.7. The predicted octanol–water partition coefficient (Wildman–Crippen LogP) is 3.31. The SMILES string of the molecule is O=C(O)/C=C/c1ccc(O)c2oc(-c3ccc(O)c(O)c3)cc12. The molecule has 4 N–H and O–H groups in total. The van der Waals surface area contributed by atoms with Crippen molar-refractivity contribution in [2.24, 2.45) is 0 Å². The standard InChI is InChI=1S/C17H12O6/c18-12-4-2-10(7-14(12)20)15-8-11-9(3-6-16(21)22)1-5-13(19)17(11)23-15/h1-8,18-20H,(H,21,22)/b6-3+. The van der Waals surface area contributed by atoms with Crippen LogP contribution >= 0.6 is 0 Å². The lowest BCUT2D eigenvalue weighted by Crippen LogP contribution is -1.85. The van der Waals surface area contributed by atoms with Crippen LogP contribution in [0.1, 0.15) is 5.56 Å². The van der Waals surface area contributed by atoms with Crippen molar-refractivity contribution in [2.75, 3.05) is 0 Å². The highest BCUT2D eigenvalue weighted by Gasteiger charge is 2.13. The summed E-state index contributed by atoms with van der Waals surface area (Å²) in [5.74, 6) is -1.35. The van der Waals surface area contributed by atoms with E-state index in [9.17, 15) is 20.1 Å². The van der Waals surface area contributed by atoms with Crippen molar-refractivity contribution < 1.29 is 29.6 Å². The van der Waals surface area contributed by atoms with E-state index >= 15 is 0 Å². The van der Waals surface area contributed by atoms with Gasteiger partial charge in [0.25, 0.3) is 0 Å². The summed E-state index contributed by atoms with van der Waals surface area (Å²) < 4.78 is 5.60. The Morgan fingerprint density at radius 3 is 2.39 bits per heavy atom. The molecular weight excluding hydrogens is 300 g/mol. The third kappa shape index (κ3) is 2.69. The van der Waals surface area contributed by atoms with Gasteiger partial charge in [-0.2, -0.15) is 0 Å². The van der Waals surface area contributed by atoms with E-state index in [2.05, 4.69) is 0 Å². The first-order valence-electron chi connectivity index (χ1n) is 6.64. The quantitative estimate of drug-likeness (QED) is 0.436. The molecule has 0 aliphatic carbocycles. The molecule has 0 aliphatic rings. The van der Waals surface area contributed by atoms with Gasteiger partial charge in [0.2, 0.25) is 0 Å². The molecule has 0 radical (unpaired) electrons. The van der Waals surface area contributed by atoms with Crippen molar-refractivity contribution in [1.29, 1.82) is 0 Å². The molecule has 0 atom stereocenters. The first-order valence-corrected chi connectivity index (χ1v) is 6.64. The molecule has 23 heavy (non-hydrogen) atoms. The Morgan fingerprint density at radius 2 is 1.70 bits per heavy atom. The number of carboxylic acid groups (broad SMARTS) is 1. The zero-order valence-electron chi connectivity index (χ0n) is 11.7. The molecule has 3 aromatic rings. The van der Waals surface area contributed by atoms with E-state index in [1.807, 2.05) is 0 Å². The minimum Gasteiger partial charge on any atom is -0.504 e. The molecule has 0 saturated carbocycles. The number of phenolic OH excluding ortho intramolecular Hbond substituents is 3. The highest BCUT2D eigenvalue weighted by molar-refractivity contribution is 5.96. The van der Waals surface area contributed by atoms with Crippen LogP contribution in [0.2, 0.25) is 0 Å². The van der Waals surface area contributed by atoms with Gasteiger partial charge in [-0.3, -0.25) is 0 Å². The van der Waals surface area contributed by atoms with Crippen molar-refractivity contribution in [3.05, 3.63) is 48.0 Å². The summed E-state index contributed by atoms with van der Waals surface area (Å²) in [6, 6.07) is 8.81. The molecule has 0 aliphatic heterocycles. The first-order chi connectivity index (χ1) is 11.0. The predicted molar refractivity (Wildman–Crippen MR) is 83.3 cm³/mol. The lowest BCUT2D eigenvalue weighted by atomic mass is 10.1. The highest BCUT2D eigenvalue weighted by atomic mass is 16.4. The Labute approximate surface area is 130 Å². The number of hydrogen-bond donors (Lipinski definition) is 4. The zero-order valence-corrected chi connectivity index (χ0v) is 11.7. The molecule has 0 bridgehead atoms. The average molecular weight is 312 g/mol. The number of fused-ring (bicyclic) bond motifs is 1. The molecule has 6 nitrogen and oxygen atoms in total. The Bertz CT molecular complexity index is 936. The third-order valence-corrected chi connectivity index (χ3v) is 3.36. The number of aromatic hydroxyl groups is 3. The van der Waals surface area contributed by atoms with Crippen LogP contribution in [0.25, 0.3) is 28.4 Å². The van der Waals surface area contributed by atoms with Gasteiger partial charge in [0.05, 0.1) is 0 Å². The van der Waals surface area contributed by atoms with Gasteiger partial charge in [-0.25, -0.2) is 4.79 Å². The van der Waals surface area contributed by atoms with Gasteiger partial charge in [0.1, 0.15) is 5.76 Å². The third-order valence-electron chi connectivity index (χ3n) is 3.36. The maximum Gasteiger partial charge on any atom is 0.328 e. The number of carbonyl (C=O) groups is 1. The molecule has 3 rings (SSSR count). The highest BCUT2D eigenvalue weighted by Crippen LogP contribution is 2.37. The van der Waals surface area contributed by atoms with E-state index in [-0.39, 0.29) is 22.8 Å². The fourth-order valence-electron chi connectivity index (χ4n) is 2.26. The van der Waals surface area contributed by atoms with Gasteiger partial charge < -0.3 is 24.8 Å². The number of benzene rings is 2. The minimum absolute atomic E-state index is 0.0817. The molecule has 2 aromatic carbocycles. The van der Waals surface area contributed by atoms with E-state index < -0.39 is 5.97 Å². The Kier molecular flexibility index (Phi) is 3.42. The number of furan rings is 1. The van der Waals surface area contributed by atoms with E-state index in [1.165, 1.54) is 24.3 Å². The second kappa shape index (κ2) is 5.42. The van der Waals surface area contributed by atoms with Crippen LogP contribution in [0, 0.1) is 0 Å². The largest absolute Gasteiger partial charge is 0.504 e. The van der Waals surface area contributed by atoms with E-state index in [0.29, 0.717) is 22.3 Å². The second-order valence-electron chi connectivity index (χ2n) is 4.90. The van der Waals surface area contributed by atoms with E-state index in [4.69, 9.17) is 9.52 Å². The number of aliphatic carboxylic acids is 1. The molecule has 6 heteroatoms. The molecule has 0 unspecified atom stereocenters. The fourth-order valence-corrected chi connectivity index (χ4v) is 2.26. The Balaban J connectivity index is 2.17. The molecule has 0 spiro atoms. The summed E-state index contributed by atoms with van der Waals surface area (Å²) in [6.07, 6.45) is 2.39. The summed E-state index contributed by atoms with van der Waals surface area (Å²) in [6.45, 7) is 0. The van der Waals surface area contributed by atoms with Crippen LogP contribution in [-0.2, 0) is 4.79 Å². The number of carboxylic acids is 1. The van der Waals surface area contributed by atoms with Crippen molar-refractivity contribution in [3.63, 3.8) is 0 Å². The van der Waals surface area contributed by atoms with Crippen molar-refractivity contribution >= 4 is 23.0 Å². The van der Waals surface area contributed by atoms with Crippen LogP contribution in [0.4, 0.5) is 0 Å². The smallest absolute Gasteiger partial charge is 0.328 e. The molecule has 0 amide bonds. The average Bonchev–Trinajstić information content (AvgIpc) is 2.95. The first kappa shape index (κ1) is 14.5. The number of phenols is 3. The van der Waals surface area contributed by atoms with Gasteiger partial charge >= 0.3 is 5.97 Å². The van der Waals surface area contributed by atoms with Gasteiger partial charge in [-0.05, 0) is 42.0 Å². The monoisotopic (exact) mass is 312 g/mol. The number of rotatable bonds is 3. The second-order valence-corrected chi connectivity index (χ2v) is 4.90. The van der Waals surface area contributed by atoms with Crippen LogP contribution in [-0.4, -0.2) is 26.4 Å². The van der Waals surface area contributed by atoms with Gasteiger partial charge in [0, 0.05) is 17.0 Å². The normalized spacial score (nSPS) is 11.3. The lowest BCUT2D eigenvalue weighted by Gasteiger charge is -2.00. The van der Waals surface area contributed by atoms with Gasteiger partial charge in [-0.1, -0.05) is 6.07 Å². The molecule has 116 valence electrons.